The number of nitrogens with zero attached hydrogens (tertiary/aromatic N) is 2. The Hall–Kier alpha value is -2.82. The summed E-state index contributed by atoms with van der Waals surface area (Å²) in [6.07, 6.45) is -2.56. The standard InChI is InChI=1S/C18H11ClF3N3O3S/c19-10-8-11(16(25-9-10)17(26)13-5-1-2-7-24-13)15-12(18(20,21)22)4-3-6-14(15)29(23,27)28/h1-9H,(H2,23,27,28). The highest BCUT2D eigenvalue weighted by atomic mass is 35.5. The van der Waals surface area contributed by atoms with Crippen LogP contribution in [-0.2, 0) is 16.2 Å². The number of aromatic nitrogens is 2. The first-order valence-corrected chi connectivity index (χ1v) is 9.77. The first-order chi connectivity index (χ1) is 13.5. The minimum atomic E-state index is -4.94. The summed E-state index contributed by atoms with van der Waals surface area (Å²) in [5, 5.41) is 5.03. The second-order valence-corrected chi connectivity index (χ2v) is 7.78. The summed E-state index contributed by atoms with van der Waals surface area (Å²) in [6, 6.07) is 7.93. The molecule has 11 heteroatoms. The highest BCUT2D eigenvalue weighted by Gasteiger charge is 2.37. The maximum atomic E-state index is 13.7. The molecule has 3 aromatic rings. The molecular formula is C18H11ClF3N3O3S. The zero-order valence-corrected chi connectivity index (χ0v) is 15.9. The summed E-state index contributed by atoms with van der Waals surface area (Å²) < 4.78 is 65.0. The number of alkyl halides is 3. The molecule has 0 aliphatic heterocycles. The Morgan fingerprint density at radius 3 is 2.38 bits per heavy atom. The lowest BCUT2D eigenvalue weighted by atomic mass is 9.95. The summed E-state index contributed by atoms with van der Waals surface area (Å²) in [4.78, 5) is 19.7. The lowest BCUT2D eigenvalue weighted by molar-refractivity contribution is -0.137. The fourth-order valence-electron chi connectivity index (χ4n) is 2.71. The number of pyridine rings is 2. The third-order valence-electron chi connectivity index (χ3n) is 3.87. The van der Waals surface area contributed by atoms with Crippen molar-refractivity contribution in [2.45, 2.75) is 11.1 Å². The molecule has 0 spiro atoms. The number of sulfonamides is 1. The van der Waals surface area contributed by atoms with E-state index in [1.54, 1.807) is 6.07 Å². The Labute approximate surface area is 168 Å². The van der Waals surface area contributed by atoms with Crippen molar-refractivity contribution in [2.24, 2.45) is 5.14 Å². The molecule has 0 bridgehead atoms. The van der Waals surface area contributed by atoms with Gasteiger partial charge >= 0.3 is 6.18 Å². The van der Waals surface area contributed by atoms with Gasteiger partial charge in [0.15, 0.2) is 0 Å². The minimum absolute atomic E-state index is 0.0924. The van der Waals surface area contributed by atoms with Crippen molar-refractivity contribution in [3.05, 3.63) is 76.8 Å². The predicted octanol–water partition coefficient (Wildman–Crippen LogP) is 3.69. The molecule has 0 saturated heterocycles. The largest absolute Gasteiger partial charge is 0.417 e. The van der Waals surface area contributed by atoms with E-state index in [1.807, 2.05) is 0 Å². The smallest absolute Gasteiger partial charge is 0.285 e. The van der Waals surface area contributed by atoms with E-state index in [0.29, 0.717) is 6.07 Å². The van der Waals surface area contributed by atoms with E-state index in [4.69, 9.17) is 16.7 Å². The molecule has 2 aromatic heterocycles. The number of benzene rings is 1. The maximum absolute atomic E-state index is 13.7. The number of rotatable bonds is 4. The highest BCUT2D eigenvalue weighted by Crippen LogP contribution is 2.42. The van der Waals surface area contributed by atoms with Crippen LogP contribution in [0.25, 0.3) is 11.1 Å². The van der Waals surface area contributed by atoms with Crippen LogP contribution in [0.4, 0.5) is 13.2 Å². The van der Waals surface area contributed by atoms with E-state index < -0.39 is 49.3 Å². The quantitative estimate of drug-likeness (QED) is 0.622. The maximum Gasteiger partial charge on any atom is 0.417 e. The van der Waals surface area contributed by atoms with Gasteiger partial charge in [0.25, 0.3) is 0 Å². The van der Waals surface area contributed by atoms with Gasteiger partial charge in [-0.2, -0.15) is 13.2 Å². The Balaban J connectivity index is 2.41. The summed E-state index contributed by atoms with van der Waals surface area (Å²) >= 11 is 5.90. The van der Waals surface area contributed by atoms with Crippen molar-refractivity contribution in [1.82, 2.24) is 9.97 Å². The Morgan fingerprint density at radius 2 is 1.79 bits per heavy atom. The van der Waals surface area contributed by atoms with Crippen molar-refractivity contribution in [1.29, 1.82) is 0 Å². The predicted molar refractivity (Wildman–Crippen MR) is 98.7 cm³/mol. The molecule has 1 aromatic carbocycles. The number of nitrogens with two attached hydrogens (primary N) is 1. The monoisotopic (exact) mass is 441 g/mol. The SMILES string of the molecule is NS(=O)(=O)c1cccc(C(F)(F)F)c1-c1cc(Cl)cnc1C(=O)c1ccccn1. The molecule has 6 nitrogen and oxygen atoms in total. The molecule has 0 fully saturated rings. The number of carbonyl (C=O) groups excluding carboxylic acids is 1. The zero-order valence-electron chi connectivity index (χ0n) is 14.3. The molecule has 0 unspecified atom stereocenters. The van der Waals surface area contributed by atoms with Crippen molar-refractivity contribution in [3.63, 3.8) is 0 Å². The van der Waals surface area contributed by atoms with Gasteiger partial charge in [0.1, 0.15) is 11.4 Å². The molecule has 2 N–H and O–H groups in total. The fourth-order valence-corrected chi connectivity index (χ4v) is 3.64. The van der Waals surface area contributed by atoms with Gasteiger partial charge in [0, 0.05) is 23.5 Å². The lowest BCUT2D eigenvalue weighted by Gasteiger charge is -2.18. The van der Waals surface area contributed by atoms with Crippen LogP contribution in [0, 0.1) is 0 Å². The summed E-state index contributed by atoms with van der Waals surface area (Å²) in [5.41, 5.74) is -3.08. The van der Waals surface area contributed by atoms with Crippen molar-refractivity contribution >= 4 is 27.4 Å². The van der Waals surface area contributed by atoms with Gasteiger partial charge in [-0.3, -0.25) is 14.8 Å². The lowest BCUT2D eigenvalue weighted by Crippen LogP contribution is -2.18. The van der Waals surface area contributed by atoms with Crippen LogP contribution in [0.3, 0.4) is 0 Å². The fraction of sp³-hybridized carbons (Fsp3) is 0.0556. The Morgan fingerprint density at radius 1 is 1.07 bits per heavy atom. The topological polar surface area (TPSA) is 103 Å². The van der Waals surface area contributed by atoms with Crippen LogP contribution in [0.2, 0.25) is 5.02 Å². The summed E-state index contributed by atoms with van der Waals surface area (Å²) in [6.45, 7) is 0. The molecular weight excluding hydrogens is 431 g/mol. The van der Waals surface area contributed by atoms with E-state index in [-0.39, 0.29) is 10.7 Å². The second kappa shape index (κ2) is 7.54. The Kier molecular flexibility index (Phi) is 5.44. The van der Waals surface area contributed by atoms with Crippen LogP contribution in [0.5, 0.6) is 0 Å². The third kappa shape index (κ3) is 4.29. The molecule has 0 amide bonds. The van der Waals surface area contributed by atoms with Crippen molar-refractivity contribution in [2.75, 3.05) is 0 Å². The molecule has 150 valence electrons. The molecule has 0 saturated carbocycles. The van der Waals surface area contributed by atoms with Crippen molar-refractivity contribution in [3.8, 4) is 11.1 Å². The molecule has 0 radical (unpaired) electrons. The number of hydrogen-bond donors (Lipinski definition) is 1. The Bertz CT molecular complexity index is 1200. The number of hydrogen-bond acceptors (Lipinski definition) is 5. The minimum Gasteiger partial charge on any atom is -0.285 e. The van der Waals surface area contributed by atoms with E-state index in [9.17, 15) is 26.4 Å². The van der Waals surface area contributed by atoms with Crippen molar-refractivity contribution < 1.29 is 26.4 Å². The van der Waals surface area contributed by atoms with Crippen LogP contribution < -0.4 is 5.14 Å². The highest BCUT2D eigenvalue weighted by molar-refractivity contribution is 7.89. The molecule has 2 heterocycles. The first-order valence-electron chi connectivity index (χ1n) is 7.85. The number of primary sulfonamides is 1. The number of halogens is 4. The van der Waals surface area contributed by atoms with Gasteiger partial charge in [0.2, 0.25) is 15.8 Å². The van der Waals surface area contributed by atoms with E-state index >= 15 is 0 Å². The van der Waals surface area contributed by atoms with E-state index in [0.717, 1.165) is 24.4 Å². The molecule has 0 aliphatic rings. The third-order valence-corrected chi connectivity index (χ3v) is 5.03. The number of carbonyl (C=O) groups is 1. The van der Waals surface area contributed by atoms with Crippen LogP contribution in [0.15, 0.2) is 59.8 Å². The van der Waals surface area contributed by atoms with Gasteiger partial charge < -0.3 is 0 Å². The zero-order chi connectivity index (χ0) is 21.4. The van der Waals surface area contributed by atoms with Gasteiger partial charge in [-0.1, -0.05) is 23.7 Å². The van der Waals surface area contributed by atoms with Gasteiger partial charge in [-0.25, -0.2) is 13.6 Å². The van der Waals surface area contributed by atoms with E-state index in [2.05, 4.69) is 9.97 Å². The second-order valence-electron chi connectivity index (χ2n) is 5.82. The summed E-state index contributed by atoms with van der Waals surface area (Å²) in [5.74, 6) is -0.811. The van der Waals surface area contributed by atoms with E-state index in [1.165, 1.54) is 18.3 Å². The molecule has 0 atom stereocenters. The van der Waals surface area contributed by atoms with Gasteiger partial charge in [0.05, 0.1) is 15.5 Å². The van der Waals surface area contributed by atoms with Crippen LogP contribution >= 0.6 is 11.6 Å². The average molecular weight is 442 g/mol. The van der Waals surface area contributed by atoms with Crippen LogP contribution in [0.1, 0.15) is 21.7 Å². The van der Waals surface area contributed by atoms with Crippen LogP contribution in [-0.4, -0.2) is 24.2 Å². The first kappa shape index (κ1) is 20.9. The molecule has 0 aliphatic carbocycles. The number of ketones is 1. The normalized spacial score (nSPS) is 12.0. The molecule has 29 heavy (non-hydrogen) atoms. The molecule has 3 rings (SSSR count). The van der Waals surface area contributed by atoms with Gasteiger partial charge in [-0.15, -0.1) is 0 Å². The van der Waals surface area contributed by atoms with Gasteiger partial charge in [-0.05, 0) is 30.3 Å². The average Bonchev–Trinajstić information content (AvgIpc) is 2.66. The summed E-state index contributed by atoms with van der Waals surface area (Å²) in [7, 11) is -4.58.